The number of carbonyl (C=O) groups is 1. The summed E-state index contributed by atoms with van der Waals surface area (Å²) in [5.74, 6) is -0.0981. The van der Waals surface area contributed by atoms with Crippen molar-refractivity contribution in [3.05, 3.63) is 181 Å². The second-order valence-corrected chi connectivity index (χ2v) is 12.6. The number of fused-ring (bicyclic) bond motifs is 3. The summed E-state index contributed by atoms with van der Waals surface area (Å²) in [7, 11) is 0. The summed E-state index contributed by atoms with van der Waals surface area (Å²) in [4.78, 5) is 33.3. The highest BCUT2D eigenvalue weighted by molar-refractivity contribution is 7.07. The van der Waals surface area contributed by atoms with E-state index in [1.165, 1.54) is 27.7 Å². The first-order valence-electron chi connectivity index (χ1n) is 15.4. The van der Waals surface area contributed by atoms with Gasteiger partial charge in [-0.2, -0.15) is 0 Å². The van der Waals surface area contributed by atoms with E-state index in [4.69, 9.17) is 9.73 Å². The Morgan fingerprint density at radius 1 is 0.830 bits per heavy atom. The van der Waals surface area contributed by atoms with E-state index in [2.05, 4.69) is 65.4 Å². The third kappa shape index (κ3) is 5.20. The lowest BCUT2D eigenvalue weighted by Gasteiger charge is -2.24. The van der Waals surface area contributed by atoms with E-state index in [9.17, 15) is 9.59 Å². The van der Waals surface area contributed by atoms with Crippen LogP contribution in [0, 0.1) is 0 Å². The predicted octanol–water partition coefficient (Wildman–Crippen LogP) is 7.00. The highest BCUT2D eigenvalue weighted by Gasteiger charge is 2.33. The Bertz CT molecular complexity index is 2520. The van der Waals surface area contributed by atoms with E-state index in [0.717, 1.165) is 22.0 Å². The second kappa shape index (κ2) is 11.9. The van der Waals surface area contributed by atoms with Gasteiger partial charge in [0, 0.05) is 29.2 Å². The molecular weight excluding hydrogens is 603 g/mol. The molecule has 5 aromatic carbocycles. The quantitative estimate of drug-likeness (QED) is 0.147. The number of nitrogens with zero attached hydrogens (tertiary/aromatic N) is 3. The molecule has 7 heteroatoms. The minimum Gasteiger partial charge on any atom is -0.423 e. The van der Waals surface area contributed by atoms with E-state index in [-0.39, 0.29) is 5.56 Å². The van der Waals surface area contributed by atoms with Gasteiger partial charge in [-0.15, -0.1) is 0 Å². The SMILES string of the molecule is CC1=C(C(=O)Oc2ccccc2)[C@H](c2ccccc2)n2c(s/c(=C\c3cn(Cc4cccc5ccccc45)c4ccccc34)c2=O)=N1. The summed E-state index contributed by atoms with van der Waals surface area (Å²) >= 11 is 1.33. The van der Waals surface area contributed by atoms with Crippen LogP contribution in [0.15, 0.2) is 155 Å². The number of aromatic nitrogens is 2. The summed E-state index contributed by atoms with van der Waals surface area (Å²) in [5.41, 5.74) is 4.73. The van der Waals surface area contributed by atoms with Gasteiger partial charge in [0.25, 0.3) is 5.56 Å². The Kier molecular flexibility index (Phi) is 7.23. The maximum atomic E-state index is 14.3. The zero-order chi connectivity index (χ0) is 31.9. The highest BCUT2D eigenvalue weighted by atomic mass is 32.1. The first-order chi connectivity index (χ1) is 23.0. The standard InChI is InChI=1S/C40H29N3O3S/c1-26-36(39(45)46-31-18-6-3-7-19-31)37(28-14-4-2-5-15-28)43-38(44)35(47-40(43)41-26)23-30-25-42(34-22-11-10-21-33(30)34)24-29-17-12-16-27-13-8-9-20-32(27)29/h2-23,25,37H,24H2,1H3/b35-23-/t37-/m0/s1. The normalized spacial score (nSPS) is 14.7. The topological polar surface area (TPSA) is 65.6 Å². The fourth-order valence-corrected chi connectivity index (χ4v) is 7.50. The van der Waals surface area contributed by atoms with Crippen molar-refractivity contribution in [1.82, 2.24) is 9.13 Å². The maximum absolute atomic E-state index is 14.3. The Balaban J connectivity index is 1.25. The first kappa shape index (κ1) is 28.7. The Morgan fingerprint density at radius 3 is 2.32 bits per heavy atom. The molecule has 0 saturated heterocycles. The fraction of sp³-hybridized carbons (Fsp3) is 0.0750. The largest absolute Gasteiger partial charge is 0.423 e. The Morgan fingerprint density at radius 2 is 1.51 bits per heavy atom. The molecule has 1 atom stereocenters. The van der Waals surface area contributed by atoms with Crippen LogP contribution in [0.25, 0.3) is 27.8 Å². The summed E-state index contributed by atoms with van der Waals surface area (Å²) in [6.07, 6.45) is 4.07. The lowest BCUT2D eigenvalue weighted by Crippen LogP contribution is -2.40. The van der Waals surface area contributed by atoms with Gasteiger partial charge in [0.15, 0.2) is 4.80 Å². The van der Waals surface area contributed by atoms with Gasteiger partial charge in [-0.1, -0.05) is 121 Å². The van der Waals surface area contributed by atoms with Crippen molar-refractivity contribution in [2.24, 2.45) is 4.99 Å². The van der Waals surface area contributed by atoms with Gasteiger partial charge in [0.05, 0.1) is 21.8 Å². The maximum Gasteiger partial charge on any atom is 0.343 e. The van der Waals surface area contributed by atoms with E-state index >= 15 is 0 Å². The zero-order valence-corrected chi connectivity index (χ0v) is 26.4. The lowest BCUT2D eigenvalue weighted by atomic mass is 9.96. The number of esters is 1. The van der Waals surface area contributed by atoms with Crippen LogP contribution in [0.1, 0.15) is 29.7 Å². The predicted molar refractivity (Wildman–Crippen MR) is 187 cm³/mol. The number of ether oxygens (including phenoxy) is 1. The third-order valence-corrected chi connectivity index (χ3v) is 9.62. The van der Waals surface area contributed by atoms with E-state index in [1.54, 1.807) is 23.6 Å². The van der Waals surface area contributed by atoms with E-state index in [0.29, 0.717) is 32.9 Å². The summed E-state index contributed by atoms with van der Waals surface area (Å²) < 4.78 is 10.2. The average molecular weight is 632 g/mol. The van der Waals surface area contributed by atoms with Crippen LogP contribution in [-0.2, 0) is 11.3 Å². The van der Waals surface area contributed by atoms with E-state index < -0.39 is 12.0 Å². The second-order valence-electron chi connectivity index (χ2n) is 11.6. The van der Waals surface area contributed by atoms with Gasteiger partial charge in [-0.3, -0.25) is 9.36 Å². The number of rotatable bonds is 6. The van der Waals surface area contributed by atoms with Crippen molar-refractivity contribution in [3.63, 3.8) is 0 Å². The lowest BCUT2D eigenvalue weighted by molar-refractivity contribution is -0.130. The molecule has 0 N–H and O–H groups in total. The number of hydrogen-bond donors (Lipinski definition) is 0. The monoisotopic (exact) mass is 631 g/mol. The number of hydrogen-bond acceptors (Lipinski definition) is 5. The van der Waals surface area contributed by atoms with Crippen molar-refractivity contribution in [2.45, 2.75) is 19.5 Å². The smallest absolute Gasteiger partial charge is 0.343 e. The van der Waals surface area contributed by atoms with E-state index in [1.807, 2.05) is 66.7 Å². The molecule has 0 fully saturated rings. The molecule has 1 aliphatic heterocycles. The molecule has 0 saturated carbocycles. The van der Waals surface area contributed by atoms with Crippen LogP contribution in [0.5, 0.6) is 5.75 Å². The van der Waals surface area contributed by atoms with Gasteiger partial charge < -0.3 is 9.30 Å². The number of thiazole rings is 1. The van der Waals surface area contributed by atoms with Gasteiger partial charge >= 0.3 is 5.97 Å². The summed E-state index contributed by atoms with van der Waals surface area (Å²) in [6.45, 7) is 2.49. The molecule has 6 nitrogen and oxygen atoms in total. The zero-order valence-electron chi connectivity index (χ0n) is 25.5. The molecule has 7 aromatic rings. The molecule has 0 bridgehead atoms. The Labute approximate surface area is 274 Å². The van der Waals surface area contributed by atoms with Crippen LogP contribution in [0.4, 0.5) is 0 Å². The van der Waals surface area contributed by atoms with Gasteiger partial charge in [0.2, 0.25) is 0 Å². The molecule has 47 heavy (non-hydrogen) atoms. The number of allylic oxidation sites excluding steroid dienone is 1. The Hall–Kier alpha value is -5.79. The number of carbonyl (C=O) groups excluding carboxylic acids is 1. The molecule has 228 valence electrons. The highest BCUT2D eigenvalue weighted by Crippen LogP contribution is 2.31. The molecule has 0 spiro atoms. The van der Waals surface area contributed by atoms with Crippen LogP contribution in [-0.4, -0.2) is 15.1 Å². The van der Waals surface area contributed by atoms with Crippen molar-refractivity contribution >= 4 is 45.1 Å². The molecule has 8 rings (SSSR count). The molecule has 3 heterocycles. The number of para-hydroxylation sites is 2. The summed E-state index contributed by atoms with van der Waals surface area (Å²) in [5, 5.41) is 3.49. The van der Waals surface area contributed by atoms with Crippen molar-refractivity contribution in [3.8, 4) is 5.75 Å². The minimum absolute atomic E-state index is 0.203. The first-order valence-corrected chi connectivity index (χ1v) is 16.3. The van der Waals surface area contributed by atoms with Crippen LogP contribution >= 0.6 is 11.3 Å². The molecular formula is C40H29N3O3S. The molecule has 0 aliphatic carbocycles. The molecule has 2 aromatic heterocycles. The van der Waals surface area contributed by atoms with Crippen molar-refractivity contribution in [2.75, 3.05) is 0 Å². The molecule has 0 radical (unpaired) electrons. The average Bonchev–Trinajstić information content (AvgIpc) is 3.60. The molecule has 0 unspecified atom stereocenters. The number of benzene rings is 5. The van der Waals surface area contributed by atoms with Crippen LogP contribution in [0.3, 0.4) is 0 Å². The van der Waals surface area contributed by atoms with Gasteiger partial charge in [-0.05, 0) is 53.1 Å². The van der Waals surface area contributed by atoms with Crippen molar-refractivity contribution in [1.29, 1.82) is 0 Å². The molecule has 0 amide bonds. The fourth-order valence-electron chi connectivity index (χ4n) is 6.46. The van der Waals surface area contributed by atoms with Crippen molar-refractivity contribution < 1.29 is 9.53 Å². The minimum atomic E-state index is -0.682. The summed E-state index contributed by atoms with van der Waals surface area (Å²) in [6, 6.07) is 40.9. The molecule has 1 aliphatic rings. The van der Waals surface area contributed by atoms with Crippen LogP contribution in [0.2, 0.25) is 0 Å². The van der Waals surface area contributed by atoms with Gasteiger partial charge in [-0.25, -0.2) is 9.79 Å². The third-order valence-electron chi connectivity index (χ3n) is 8.64. The van der Waals surface area contributed by atoms with Crippen LogP contribution < -0.4 is 19.6 Å². The van der Waals surface area contributed by atoms with Gasteiger partial charge in [0.1, 0.15) is 5.75 Å².